The maximum absolute atomic E-state index is 13.3. The lowest BCUT2D eigenvalue weighted by atomic mass is 10.2. The van der Waals surface area contributed by atoms with Gasteiger partial charge in [0.1, 0.15) is 18.1 Å². The third kappa shape index (κ3) is 6.67. The van der Waals surface area contributed by atoms with Crippen LogP contribution in [0.15, 0.2) is 83.5 Å². The maximum atomic E-state index is 13.3. The van der Waals surface area contributed by atoms with E-state index in [2.05, 4.69) is 0 Å². The Morgan fingerprint density at radius 1 is 0.969 bits per heavy atom. The van der Waals surface area contributed by atoms with Gasteiger partial charge in [0.05, 0.1) is 12.8 Å². The molecule has 0 unspecified atom stereocenters. The third-order valence-corrected chi connectivity index (χ3v) is 5.00. The van der Waals surface area contributed by atoms with Gasteiger partial charge < -0.3 is 14.2 Å². The van der Waals surface area contributed by atoms with E-state index in [9.17, 15) is 14.0 Å². The number of rotatable bonds is 9. The molecule has 2 aromatic carbocycles. The third-order valence-electron chi connectivity index (χ3n) is 5.00. The molecular formula is C26H27FN2O3. The van der Waals surface area contributed by atoms with E-state index >= 15 is 0 Å². The highest BCUT2D eigenvalue weighted by Gasteiger charge is 2.23. The minimum atomic E-state index is -0.334. The van der Waals surface area contributed by atoms with Crippen molar-refractivity contribution in [3.05, 3.63) is 102 Å². The van der Waals surface area contributed by atoms with Gasteiger partial charge in [0.2, 0.25) is 11.8 Å². The van der Waals surface area contributed by atoms with Crippen molar-refractivity contribution in [1.82, 2.24) is 9.80 Å². The van der Waals surface area contributed by atoms with Gasteiger partial charge in [-0.1, -0.05) is 42.5 Å². The molecule has 0 spiro atoms. The maximum Gasteiger partial charge on any atom is 0.247 e. The number of carbonyl (C=O) groups is 2. The number of amides is 2. The van der Waals surface area contributed by atoms with E-state index in [-0.39, 0.29) is 43.3 Å². The zero-order valence-corrected chi connectivity index (χ0v) is 18.3. The summed E-state index contributed by atoms with van der Waals surface area (Å²) in [5, 5.41) is 0. The monoisotopic (exact) mass is 434 g/mol. The molecule has 5 nitrogen and oxygen atoms in total. The number of nitrogens with zero attached hydrogens (tertiary/aromatic N) is 2. The van der Waals surface area contributed by atoms with Crippen LogP contribution in [0.3, 0.4) is 0 Å². The molecule has 0 bridgehead atoms. The minimum absolute atomic E-state index is 0.0719. The van der Waals surface area contributed by atoms with Crippen molar-refractivity contribution in [2.45, 2.75) is 33.0 Å². The lowest BCUT2D eigenvalue weighted by Crippen LogP contribution is -2.45. The molecule has 3 aromatic rings. The second-order valence-electron chi connectivity index (χ2n) is 7.76. The van der Waals surface area contributed by atoms with Crippen molar-refractivity contribution in [2.75, 3.05) is 6.54 Å². The van der Waals surface area contributed by atoms with Crippen LogP contribution in [0.25, 0.3) is 6.08 Å². The number of hydrogen-bond donors (Lipinski definition) is 0. The molecule has 6 heteroatoms. The quantitative estimate of drug-likeness (QED) is 0.450. The predicted octanol–water partition coefficient (Wildman–Crippen LogP) is 4.90. The fourth-order valence-corrected chi connectivity index (χ4v) is 3.22. The minimum Gasteiger partial charge on any atom is -0.467 e. The molecule has 0 saturated heterocycles. The Kier molecular flexibility index (Phi) is 7.97. The van der Waals surface area contributed by atoms with Crippen LogP contribution in [0, 0.1) is 5.82 Å². The molecule has 0 aliphatic heterocycles. The van der Waals surface area contributed by atoms with Crippen molar-refractivity contribution in [3.63, 3.8) is 0 Å². The summed E-state index contributed by atoms with van der Waals surface area (Å²) in [6, 6.07) is 18.9. The molecular weight excluding hydrogens is 407 g/mol. The second-order valence-corrected chi connectivity index (χ2v) is 7.76. The van der Waals surface area contributed by atoms with Crippen molar-refractivity contribution in [3.8, 4) is 0 Å². The Labute approximate surface area is 187 Å². The number of hydrogen-bond acceptors (Lipinski definition) is 3. The molecule has 0 radical (unpaired) electrons. The summed E-state index contributed by atoms with van der Waals surface area (Å²) >= 11 is 0. The first kappa shape index (κ1) is 23.0. The first-order valence-corrected chi connectivity index (χ1v) is 10.5. The SMILES string of the molecule is CC(C)N(CC(=O)N(Cc1ccc(F)cc1)Cc1ccco1)C(=O)/C=C/c1ccccc1. The van der Waals surface area contributed by atoms with E-state index in [1.54, 1.807) is 41.5 Å². The van der Waals surface area contributed by atoms with Gasteiger partial charge in [-0.2, -0.15) is 0 Å². The molecule has 166 valence electrons. The first-order chi connectivity index (χ1) is 15.4. The summed E-state index contributed by atoms with van der Waals surface area (Å²) in [5.74, 6) is -0.163. The smallest absolute Gasteiger partial charge is 0.247 e. The lowest BCUT2D eigenvalue weighted by molar-refractivity contribution is -0.140. The van der Waals surface area contributed by atoms with Crippen LogP contribution < -0.4 is 0 Å². The summed E-state index contributed by atoms with van der Waals surface area (Å²) in [5.41, 5.74) is 1.70. The van der Waals surface area contributed by atoms with Crippen LogP contribution in [0.1, 0.15) is 30.7 Å². The van der Waals surface area contributed by atoms with E-state index in [4.69, 9.17) is 4.42 Å². The van der Waals surface area contributed by atoms with Crippen LogP contribution >= 0.6 is 0 Å². The lowest BCUT2D eigenvalue weighted by Gasteiger charge is -2.29. The fraction of sp³-hybridized carbons (Fsp3) is 0.231. The van der Waals surface area contributed by atoms with Gasteiger partial charge in [-0.15, -0.1) is 0 Å². The molecule has 1 aromatic heterocycles. The fourth-order valence-electron chi connectivity index (χ4n) is 3.22. The van der Waals surface area contributed by atoms with E-state index in [0.29, 0.717) is 5.76 Å². The molecule has 3 rings (SSSR count). The number of halogens is 1. The number of benzene rings is 2. The zero-order valence-electron chi connectivity index (χ0n) is 18.3. The van der Waals surface area contributed by atoms with Crippen molar-refractivity contribution in [1.29, 1.82) is 0 Å². The van der Waals surface area contributed by atoms with Crippen molar-refractivity contribution >= 4 is 17.9 Å². The zero-order chi connectivity index (χ0) is 22.9. The Morgan fingerprint density at radius 2 is 1.69 bits per heavy atom. The summed E-state index contributed by atoms with van der Waals surface area (Å²) in [6.45, 7) is 4.21. The van der Waals surface area contributed by atoms with Crippen molar-refractivity contribution in [2.24, 2.45) is 0 Å². The molecule has 0 atom stereocenters. The van der Waals surface area contributed by atoms with E-state index in [0.717, 1.165) is 11.1 Å². The van der Waals surface area contributed by atoms with Gasteiger partial charge >= 0.3 is 0 Å². The molecule has 32 heavy (non-hydrogen) atoms. The highest BCUT2D eigenvalue weighted by Crippen LogP contribution is 2.14. The number of carbonyl (C=O) groups excluding carboxylic acids is 2. The molecule has 0 N–H and O–H groups in total. The first-order valence-electron chi connectivity index (χ1n) is 10.5. The van der Waals surface area contributed by atoms with Crippen LogP contribution in [0.2, 0.25) is 0 Å². The van der Waals surface area contributed by atoms with Crippen LogP contribution in [0.4, 0.5) is 4.39 Å². The molecule has 1 heterocycles. The standard InChI is InChI=1S/C26H27FN2O3/c1-20(2)29(25(30)15-12-21-7-4-3-5-8-21)19-26(31)28(18-24-9-6-16-32-24)17-22-10-13-23(27)14-11-22/h3-16,20H,17-19H2,1-2H3/b15-12+. The molecule has 2 amide bonds. The Morgan fingerprint density at radius 3 is 2.31 bits per heavy atom. The molecule has 0 fully saturated rings. The second kappa shape index (κ2) is 11.1. The summed E-state index contributed by atoms with van der Waals surface area (Å²) in [7, 11) is 0. The largest absolute Gasteiger partial charge is 0.467 e. The van der Waals surface area contributed by atoms with E-state index < -0.39 is 0 Å². The molecule has 0 aliphatic rings. The van der Waals surface area contributed by atoms with Gasteiger partial charge in [-0.25, -0.2) is 4.39 Å². The van der Waals surface area contributed by atoms with Crippen molar-refractivity contribution < 1.29 is 18.4 Å². The van der Waals surface area contributed by atoms with Gasteiger partial charge in [-0.3, -0.25) is 9.59 Å². The summed E-state index contributed by atoms with van der Waals surface area (Å²) in [4.78, 5) is 29.2. The summed E-state index contributed by atoms with van der Waals surface area (Å²) < 4.78 is 18.7. The van der Waals surface area contributed by atoms with Crippen LogP contribution in [-0.4, -0.2) is 34.2 Å². The molecule has 0 aliphatic carbocycles. The topological polar surface area (TPSA) is 53.8 Å². The van der Waals surface area contributed by atoms with Gasteiger partial charge in [0.15, 0.2) is 0 Å². The average Bonchev–Trinajstić information content (AvgIpc) is 3.30. The highest BCUT2D eigenvalue weighted by atomic mass is 19.1. The highest BCUT2D eigenvalue weighted by molar-refractivity contribution is 5.94. The normalized spacial score (nSPS) is 11.1. The van der Waals surface area contributed by atoms with E-state index in [1.165, 1.54) is 23.1 Å². The van der Waals surface area contributed by atoms with E-state index in [1.807, 2.05) is 44.2 Å². The van der Waals surface area contributed by atoms with Crippen LogP contribution in [0.5, 0.6) is 0 Å². The Hall–Kier alpha value is -3.67. The molecule has 0 saturated carbocycles. The van der Waals surface area contributed by atoms with Gasteiger partial charge in [-0.05, 0) is 55.3 Å². The average molecular weight is 435 g/mol. The van der Waals surface area contributed by atoms with Crippen LogP contribution in [-0.2, 0) is 22.7 Å². The number of furan rings is 1. The van der Waals surface area contributed by atoms with Gasteiger partial charge in [0, 0.05) is 18.7 Å². The predicted molar refractivity (Wildman–Crippen MR) is 122 cm³/mol. The summed E-state index contributed by atoms with van der Waals surface area (Å²) in [6.07, 6.45) is 4.77. The Bertz CT molecular complexity index is 1030. The Balaban J connectivity index is 1.74. The van der Waals surface area contributed by atoms with Gasteiger partial charge in [0.25, 0.3) is 0 Å².